The van der Waals surface area contributed by atoms with Crippen LogP contribution in [-0.2, 0) is 17.8 Å². The third-order valence-corrected chi connectivity index (χ3v) is 5.02. The summed E-state index contributed by atoms with van der Waals surface area (Å²) in [6.45, 7) is 3.58. The van der Waals surface area contributed by atoms with E-state index in [1.165, 1.54) is 16.8 Å². The lowest BCUT2D eigenvalue weighted by molar-refractivity contribution is -0.114. The molecule has 1 aliphatic rings. The van der Waals surface area contributed by atoms with Gasteiger partial charge in [-0.3, -0.25) is 4.79 Å². The van der Waals surface area contributed by atoms with E-state index in [9.17, 15) is 4.79 Å². The Kier molecular flexibility index (Phi) is 4.88. The van der Waals surface area contributed by atoms with Crippen LogP contribution in [0.5, 0.6) is 0 Å². The summed E-state index contributed by atoms with van der Waals surface area (Å²) in [5, 5.41) is 0. The molecule has 0 spiro atoms. The molecule has 1 amide bonds. The maximum Gasteiger partial charge on any atom is 0.250 e. The van der Waals surface area contributed by atoms with Gasteiger partial charge in [0.05, 0.1) is 12.0 Å². The van der Waals surface area contributed by atoms with Crippen molar-refractivity contribution in [3.05, 3.63) is 95.6 Å². The Morgan fingerprint density at radius 2 is 1.78 bits per heavy atom. The Labute approximate surface area is 159 Å². The number of aryl methyl sites for hydroxylation is 1. The Morgan fingerprint density at radius 3 is 2.52 bits per heavy atom. The summed E-state index contributed by atoms with van der Waals surface area (Å²) < 4.78 is 2.21. The largest absolute Gasteiger partial charge is 0.330 e. The van der Waals surface area contributed by atoms with Crippen molar-refractivity contribution in [1.29, 1.82) is 0 Å². The minimum atomic E-state index is 0.0596. The molecule has 2 aromatic carbocycles. The van der Waals surface area contributed by atoms with Crippen LogP contribution < -0.4 is 4.90 Å². The van der Waals surface area contributed by atoms with Crippen molar-refractivity contribution in [2.45, 2.75) is 26.3 Å². The number of hydrogen-bond donors (Lipinski definition) is 0. The molecule has 136 valence electrons. The highest BCUT2D eigenvalue weighted by Crippen LogP contribution is 2.20. The van der Waals surface area contributed by atoms with Crippen LogP contribution in [0, 0.1) is 6.92 Å². The highest BCUT2D eigenvalue weighted by molar-refractivity contribution is 6.02. The maximum atomic E-state index is 12.0. The van der Waals surface area contributed by atoms with E-state index >= 15 is 0 Å². The summed E-state index contributed by atoms with van der Waals surface area (Å²) in [7, 11) is 0. The summed E-state index contributed by atoms with van der Waals surface area (Å²) in [4.78, 5) is 18.4. The average Bonchev–Trinajstić information content (AvgIpc) is 3.03. The first kappa shape index (κ1) is 17.3. The molecule has 1 aliphatic heterocycles. The van der Waals surface area contributed by atoms with Crippen LogP contribution in [0.3, 0.4) is 0 Å². The second-order valence-electron chi connectivity index (χ2n) is 6.91. The number of rotatable bonds is 5. The summed E-state index contributed by atoms with van der Waals surface area (Å²) in [6, 6.07) is 18.7. The minimum absolute atomic E-state index is 0.0596. The molecule has 3 aromatic rings. The van der Waals surface area contributed by atoms with Gasteiger partial charge in [-0.15, -0.1) is 0 Å². The van der Waals surface area contributed by atoms with Gasteiger partial charge in [0.15, 0.2) is 0 Å². The first-order valence-electron chi connectivity index (χ1n) is 9.32. The van der Waals surface area contributed by atoms with E-state index in [-0.39, 0.29) is 5.91 Å². The van der Waals surface area contributed by atoms with Crippen LogP contribution in [0.4, 0.5) is 5.69 Å². The standard InChI is InChI=1S/C23H23N3O/c1-18-22(15-19-7-3-2-4-8-19)25(17-24-18)16-20-10-12-21(13-11-20)26-14-6-5-9-23(26)27/h2-5,7-13,17H,6,14-16H2,1H3. The van der Waals surface area contributed by atoms with Gasteiger partial charge in [0.25, 0.3) is 5.91 Å². The lowest BCUT2D eigenvalue weighted by atomic mass is 10.1. The Hall–Kier alpha value is -3.14. The predicted octanol–water partition coefficient (Wildman–Crippen LogP) is 4.12. The normalized spacial score (nSPS) is 14.0. The van der Waals surface area contributed by atoms with E-state index in [4.69, 9.17) is 0 Å². The summed E-state index contributed by atoms with van der Waals surface area (Å²) in [5.41, 5.74) is 5.75. The fourth-order valence-corrected chi connectivity index (χ4v) is 3.49. The van der Waals surface area contributed by atoms with Gasteiger partial charge in [-0.05, 0) is 42.7 Å². The molecule has 27 heavy (non-hydrogen) atoms. The van der Waals surface area contributed by atoms with Crippen molar-refractivity contribution in [1.82, 2.24) is 9.55 Å². The van der Waals surface area contributed by atoms with Crippen molar-refractivity contribution in [3.8, 4) is 0 Å². The number of nitrogens with zero attached hydrogens (tertiary/aromatic N) is 3. The van der Waals surface area contributed by atoms with Crippen LogP contribution in [-0.4, -0.2) is 22.0 Å². The topological polar surface area (TPSA) is 38.1 Å². The predicted molar refractivity (Wildman–Crippen MR) is 108 cm³/mol. The number of imidazole rings is 1. The minimum Gasteiger partial charge on any atom is -0.330 e. The van der Waals surface area contributed by atoms with E-state index in [2.05, 4.69) is 52.9 Å². The number of carbonyl (C=O) groups is 1. The van der Waals surface area contributed by atoms with Gasteiger partial charge in [-0.1, -0.05) is 48.5 Å². The molecule has 0 aliphatic carbocycles. The van der Waals surface area contributed by atoms with Crippen LogP contribution >= 0.6 is 0 Å². The van der Waals surface area contributed by atoms with Crippen molar-refractivity contribution in [2.75, 3.05) is 11.4 Å². The number of aromatic nitrogens is 2. The molecule has 0 saturated carbocycles. The van der Waals surface area contributed by atoms with Gasteiger partial charge >= 0.3 is 0 Å². The highest BCUT2D eigenvalue weighted by Gasteiger charge is 2.15. The fourth-order valence-electron chi connectivity index (χ4n) is 3.49. The first-order valence-corrected chi connectivity index (χ1v) is 9.32. The molecule has 0 bridgehead atoms. The monoisotopic (exact) mass is 357 g/mol. The fraction of sp³-hybridized carbons (Fsp3) is 0.217. The molecule has 2 heterocycles. The van der Waals surface area contributed by atoms with Crippen LogP contribution in [0.2, 0.25) is 0 Å². The number of carbonyl (C=O) groups excluding carboxylic acids is 1. The number of amides is 1. The van der Waals surface area contributed by atoms with Gasteiger partial charge < -0.3 is 9.47 Å². The molecular formula is C23H23N3O. The Morgan fingerprint density at radius 1 is 1.00 bits per heavy atom. The Bertz CT molecular complexity index is 955. The SMILES string of the molecule is Cc1ncn(Cc2ccc(N3CCC=CC3=O)cc2)c1Cc1ccccc1. The van der Waals surface area contributed by atoms with Gasteiger partial charge in [-0.25, -0.2) is 4.98 Å². The average molecular weight is 357 g/mol. The van der Waals surface area contributed by atoms with Crippen LogP contribution in [0.15, 0.2) is 73.1 Å². The molecule has 0 N–H and O–H groups in total. The van der Waals surface area contributed by atoms with Gasteiger partial charge in [0, 0.05) is 30.9 Å². The van der Waals surface area contributed by atoms with Gasteiger partial charge in [0.1, 0.15) is 0 Å². The van der Waals surface area contributed by atoms with Gasteiger partial charge in [-0.2, -0.15) is 0 Å². The summed E-state index contributed by atoms with van der Waals surface area (Å²) in [5.74, 6) is 0.0596. The third kappa shape index (κ3) is 3.85. The van der Waals surface area contributed by atoms with E-state index in [0.29, 0.717) is 0 Å². The van der Waals surface area contributed by atoms with Crippen molar-refractivity contribution in [2.24, 2.45) is 0 Å². The first-order chi connectivity index (χ1) is 13.2. The number of benzene rings is 2. The second-order valence-corrected chi connectivity index (χ2v) is 6.91. The number of hydrogen-bond acceptors (Lipinski definition) is 2. The van der Waals surface area contributed by atoms with E-state index in [1.54, 1.807) is 6.08 Å². The van der Waals surface area contributed by atoms with Gasteiger partial charge in [0.2, 0.25) is 0 Å². The molecule has 4 nitrogen and oxygen atoms in total. The molecule has 0 unspecified atom stereocenters. The lowest BCUT2D eigenvalue weighted by Gasteiger charge is -2.23. The van der Waals surface area contributed by atoms with Crippen molar-refractivity contribution < 1.29 is 4.79 Å². The number of anilines is 1. The molecular weight excluding hydrogens is 334 g/mol. The van der Waals surface area contributed by atoms with E-state index < -0.39 is 0 Å². The maximum absolute atomic E-state index is 12.0. The zero-order chi connectivity index (χ0) is 18.6. The molecule has 1 aromatic heterocycles. The molecule has 0 saturated heterocycles. The molecule has 4 heteroatoms. The van der Waals surface area contributed by atoms with Crippen LogP contribution in [0.1, 0.15) is 28.9 Å². The summed E-state index contributed by atoms with van der Waals surface area (Å²) in [6.07, 6.45) is 7.29. The lowest BCUT2D eigenvalue weighted by Crippen LogP contribution is -2.32. The molecule has 0 radical (unpaired) electrons. The highest BCUT2D eigenvalue weighted by atomic mass is 16.2. The van der Waals surface area contributed by atoms with Crippen molar-refractivity contribution >= 4 is 11.6 Å². The van der Waals surface area contributed by atoms with E-state index in [0.717, 1.165) is 37.3 Å². The quantitative estimate of drug-likeness (QED) is 0.689. The summed E-state index contributed by atoms with van der Waals surface area (Å²) >= 11 is 0. The molecule has 4 rings (SSSR count). The zero-order valence-electron chi connectivity index (χ0n) is 15.5. The second kappa shape index (κ2) is 7.62. The van der Waals surface area contributed by atoms with Crippen molar-refractivity contribution in [3.63, 3.8) is 0 Å². The zero-order valence-corrected chi connectivity index (χ0v) is 15.5. The smallest absolute Gasteiger partial charge is 0.250 e. The molecule has 0 fully saturated rings. The Balaban J connectivity index is 1.51. The third-order valence-electron chi connectivity index (χ3n) is 5.02. The van der Waals surface area contributed by atoms with E-state index in [1.807, 2.05) is 35.5 Å². The van der Waals surface area contributed by atoms with Crippen LogP contribution in [0.25, 0.3) is 0 Å². The molecule has 0 atom stereocenters.